The molecule has 0 unspecified atom stereocenters. The van der Waals surface area contributed by atoms with E-state index in [2.05, 4.69) is 0 Å². The van der Waals surface area contributed by atoms with Gasteiger partial charge in [0.25, 0.3) is 0 Å². The van der Waals surface area contributed by atoms with Gasteiger partial charge in [0.2, 0.25) is 0 Å². The van der Waals surface area contributed by atoms with E-state index in [1.165, 1.54) is 0 Å². The fourth-order valence-electron chi connectivity index (χ4n) is 1.10. The van der Waals surface area contributed by atoms with Crippen molar-refractivity contribution in [2.24, 2.45) is 5.73 Å². The summed E-state index contributed by atoms with van der Waals surface area (Å²) in [7, 11) is 0. The van der Waals surface area contributed by atoms with Gasteiger partial charge in [-0.05, 0) is 25.1 Å². The van der Waals surface area contributed by atoms with E-state index in [1.54, 1.807) is 31.2 Å². The standard InChI is InChI=1S/C11H15NO3.ClH/c1-2-14-11(13)9-4-3-5-10(8-9)15-7-6-12;/h3-5,8H,2,6-7,12H2,1H3;1H. The Balaban J connectivity index is 0.00000225. The van der Waals surface area contributed by atoms with Gasteiger partial charge in [0.1, 0.15) is 12.4 Å². The molecule has 0 saturated carbocycles. The molecule has 0 atom stereocenters. The number of hydrogen-bond donors (Lipinski definition) is 1. The van der Waals surface area contributed by atoms with Crippen LogP contribution in [-0.4, -0.2) is 25.7 Å². The highest BCUT2D eigenvalue weighted by molar-refractivity contribution is 5.89. The van der Waals surface area contributed by atoms with Gasteiger partial charge in [-0.1, -0.05) is 6.07 Å². The van der Waals surface area contributed by atoms with Crippen molar-refractivity contribution in [2.45, 2.75) is 6.92 Å². The molecule has 1 aromatic rings. The summed E-state index contributed by atoms with van der Waals surface area (Å²) < 4.78 is 10.2. The number of hydrogen-bond acceptors (Lipinski definition) is 4. The van der Waals surface area contributed by atoms with Crippen molar-refractivity contribution in [1.82, 2.24) is 0 Å². The highest BCUT2D eigenvalue weighted by atomic mass is 35.5. The second kappa shape index (κ2) is 7.96. The van der Waals surface area contributed by atoms with Crippen molar-refractivity contribution in [2.75, 3.05) is 19.8 Å². The van der Waals surface area contributed by atoms with Gasteiger partial charge in [0.15, 0.2) is 0 Å². The first kappa shape index (κ1) is 14.7. The van der Waals surface area contributed by atoms with Gasteiger partial charge in [-0.2, -0.15) is 0 Å². The lowest BCUT2D eigenvalue weighted by molar-refractivity contribution is 0.0526. The van der Waals surface area contributed by atoms with Crippen LogP contribution < -0.4 is 10.5 Å². The third kappa shape index (κ3) is 4.51. The lowest BCUT2D eigenvalue weighted by Gasteiger charge is -2.06. The van der Waals surface area contributed by atoms with Crippen LogP contribution in [0.15, 0.2) is 24.3 Å². The molecule has 0 radical (unpaired) electrons. The number of halogens is 1. The summed E-state index contributed by atoms with van der Waals surface area (Å²) in [5.74, 6) is 0.293. The Morgan fingerprint density at radius 3 is 2.81 bits per heavy atom. The molecule has 16 heavy (non-hydrogen) atoms. The van der Waals surface area contributed by atoms with Crippen LogP contribution in [0.5, 0.6) is 5.75 Å². The smallest absolute Gasteiger partial charge is 0.338 e. The SMILES string of the molecule is CCOC(=O)c1cccc(OCCN)c1.Cl. The zero-order valence-corrected chi connectivity index (χ0v) is 9.96. The molecule has 0 amide bonds. The predicted octanol–water partition coefficient (Wildman–Crippen LogP) is 1.62. The van der Waals surface area contributed by atoms with Crippen LogP contribution >= 0.6 is 12.4 Å². The van der Waals surface area contributed by atoms with E-state index in [0.29, 0.717) is 31.1 Å². The summed E-state index contributed by atoms with van der Waals surface area (Å²) in [4.78, 5) is 11.4. The summed E-state index contributed by atoms with van der Waals surface area (Å²) in [6.45, 7) is 3.02. The zero-order valence-electron chi connectivity index (χ0n) is 9.14. The van der Waals surface area contributed by atoms with Gasteiger partial charge in [-0.15, -0.1) is 12.4 Å². The molecule has 0 spiro atoms. The van der Waals surface area contributed by atoms with Crippen molar-refractivity contribution in [3.8, 4) is 5.75 Å². The van der Waals surface area contributed by atoms with Gasteiger partial charge >= 0.3 is 5.97 Å². The average Bonchev–Trinajstić information content (AvgIpc) is 2.27. The highest BCUT2D eigenvalue weighted by Gasteiger charge is 2.06. The van der Waals surface area contributed by atoms with Crippen molar-refractivity contribution >= 4 is 18.4 Å². The number of carbonyl (C=O) groups is 1. The Hall–Kier alpha value is -1.26. The summed E-state index contributed by atoms with van der Waals surface area (Å²) in [5.41, 5.74) is 5.80. The van der Waals surface area contributed by atoms with Gasteiger partial charge < -0.3 is 15.2 Å². The molecule has 2 N–H and O–H groups in total. The first-order valence-corrected chi connectivity index (χ1v) is 4.88. The number of benzene rings is 1. The molecule has 0 fully saturated rings. The van der Waals surface area contributed by atoms with Gasteiger partial charge in [-0.3, -0.25) is 0 Å². The maximum atomic E-state index is 11.4. The fourth-order valence-corrected chi connectivity index (χ4v) is 1.10. The molecule has 0 bridgehead atoms. The summed E-state index contributed by atoms with van der Waals surface area (Å²) in [5, 5.41) is 0. The Bertz CT molecular complexity index is 331. The second-order valence-electron chi connectivity index (χ2n) is 2.89. The molecule has 0 aliphatic heterocycles. The molecule has 0 aromatic heterocycles. The summed E-state index contributed by atoms with van der Waals surface area (Å²) in [6.07, 6.45) is 0. The minimum atomic E-state index is -0.337. The summed E-state index contributed by atoms with van der Waals surface area (Å²) >= 11 is 0. The van der Waals surface area contributed by atoms with E-state index in [-0.39, 0.29) is 18.4 Å². The minimum absolute atomic E-state index is 0. The van der Waals surface area contributed by atoms with Crippen molar-refractivity contribution in [1.29, 1.82) is 0 Å². The average molecular weight is 246 g/mol. The Labute approximate surface area is 101 Å². The molecule has 1 rings (SSSR count). The van der Waals surface area contributed by atoms with Crippen LogP contribution in [0.4, 0.5) is 0 Å². The van der Waals surface area contributed by atoms with E-state index < -0.39 is 0 Å². The molecular formula is C11H16ClNO3. The van der Waals surface area contributed by atoms with Crippen LogP contribution in [0.3, 0.4) is 0 Å². The maximum absolute atomic E-state index is 11.4. The van der Waals surface area contributed by atoms with E-state index in [4.69, 9.17) is 15.2 Å². The van der Waals surface area contributed by atoms with E-state index in [0.717, 1.165) is 0 Å². The summed E-state index contributed by atoms with van der Waals surface area (Å²) in [6, 6.07) is 6.86. The molecule has 0 aliphatic rings. The van der Waals surface area contributed by atoms with Crippen LogP contribution in [-0.2, 0) is 4.74 Å². The van der Waals surface area contributed by atoms with Crippen molar-refractivity contribution < 1.29 is 14.3 Å². The molecule has 0 heterocycles. The monoisotopic (exact) mass is 245 g/mol. The lowest BCUT2D eigenvalue weighted by Crippen LogP contribution is -2.11. The number of nitrogens with two attached hydrogens (primary N) is 1. The first-order chi connectivity index (χ1) is 7.27. The van der Waals surface area contributed by atoms with E-state index >= 15 is 0 Å². The molecule has 90 valence electrons. The zero-order chi connectivity index (χ0) is 11.1. The van der Waals surface area contributed by atoms with E-state index in [1.807, 2.05) is 0 Å². The molecule has 0 aliphatic carbocycles. The van der Waals surface area contributed by atoms with E-state index in [9.17, 15) is 4.79 Å². The third-order valence-corrected chi connectivity index (χ3v) is 1.73. The Kier molecular flexibility index (Phi) is 7.33. The topological polar surface area (TPSA) is 61.5 Å². The molecule has 1 aromatic carbocycles. The molecule has 5 heteroatoms. The van der Waals surface area contributed by atoms with Gasteiger partial charge in [0.05, 0.1) is 12.2 Å². The van der Waals surface area contributed by atoms with Crippen LogP contribution in [0.25, 0.3) is 0 Å². The van der Waals surface area contributed by atoms with Crippen LogP contribution in [0.1, 0.15) is 17.3 Å². The lowest BCUT2D eigenvalue weighted by atomic mass is 10.2. The first-order valence-electron chi connectivity index (χ1n) is 4.88. The third-order valence-electron chi connectivity index (χ3n) is 1.73. The largest absolute Gasteiger partial charge is 0.492 e. The van der Waals surface area contributed by atoms with Crippen molar-refractivity contribution in [3.63, 3.8) is 0 Å². The van der Waals surface area contributed by atoms with Gasteiger partial charge in [0, 0.05) is 6.54 Å². The quantitative estimate of drug-likeness (QED) is 0.801. The molecule has 0 saturated heterocycles. The number of carbonyl (C=O) groups excluding carboxylic acids is 1. The predicted molar refractivity (Wildman–Crippen MR) is 64.2 cm³/mol. The normalized spacial score (nSPS) is 9.12. The Morgan fingerprint density at radius 1 is 1.44 bits per heavy atom. The number of rotatable bonds is 5. The fraction of sp³-hybridized carbons (Fsp3) is 0.364. The van der Waals surface area contributed by atoms with Crippen LogP contribution in [0.2, 0.25) is 0 Å². The number of esters is 1. The molecule has 4 nitrogen and oxygen atoms in total. The minimum Gasteiger partial charge on any atom is -0.492 e. The second-order valence-corrected chi connectivity index (χ2v) is 2.89. The number of ether oxygens (including phenoxy) is 2. The maximum Gasteiger partial charge on any atom is 0.338 e. The highest BCUT2D eigenvalue weighted by Crippen LogP contribution is 2.13. The Morgan fingerprint density at radius 2 is 2.19 bits per heavy atom. The van der Waals surface area contributed by atoms with Gasteiger partial charge in [-0.25, -0.2) is 4.79 Å². The molecular weight excluding hydrogens is 230 g/mol. The van der Waals surface area contributed by atoms with Crippen LogP contribution in [0, 0.1) is 0 Å². The van der Waals surface area contributed by atoms with Crippen molar-refractivity contribution in [3.05, 3.63) is 29.8 Å².